The summed E-state index contributed by atoms with van der Waals surface area (Å²) < 4.78 is 1.80. The van der Waals surface area contributed by atoms with Crippen LogP contribution >= 0.6 is 0 Å². The van der Waals surface area contributed by atoms with E-state index in [4.69, 9.17) is 0 Å². The van der Waals surface area contributed by atoms with Crippen LogP contribution in [0, 0.1) is 0 Å². The Labute approximate surface area is 114 Å². The summed E-state index contributed by atoms with van der Waals surface area (Å²) in [6.07, 6.45) is 5.10. The van der Waals surface area contributed by atoms with E-state index in [1.54, 1.807) is 18.5 Å². The molecule has 102 valence electrons. The van der Waals surface area contributed by atoms with Gasteiger partial charge >= 0.3 is 0 Å². The highest BCUT2D eigenvalue weighted by Gasteiger charge is 2.19. The van der Waals surface area contributed by atoms with Crippen molar-refractivity contribution in [3.63, 3.8) is 0 Å². The molecule has 2 rings (SSSR count). The zero-order valence-electron chi connectivity index (χ0n) is 11.6. The molecule has 0 atom stereocenters. The second-order valence-electron chi connectivity index (χ2n) is 5.37. The number of aryl methyl sites for hydroxylation is 2. The molecule has 1 N–H and O–H groups in total. The van der Waals surface area contributed by atoms with Crippen molar-refractivity contribution in [2.75, 3.05) is 0 Å². The van der Waals surface area contributed by atoms with Crippen molar-refractivity contribution in [3.8, 4) is 0 Å². The number of aromatic nitrogens is 3. The SMILES string of the molecule is CC(C)(O)c1cn(CCCCc2ccccc2)nn1. The van der Waals surface area contributed by atoms with Crippen LogP contribution in [0.1, 0.15) is 37.9 Å². The highest BCUT2D eigenvalue weighted by Crippen LogP contribution is 2.15. The number of unbranched alkanes of at least 4 members (excludes halogenated alkanes) is 1. The number of nitrogens with zero attached hydrogens (tertiary/aromatic N) is 3. The van der Waals surface area contributed by atoms with Gasteiger partial charge in [0, 0.05) is 6.54 Å². The molecule has 0 unspecified atom stereocenters. The van der Waals surface area contributed by atoms with Crippen LogP contribution in [0.25, 0.3) is 0 Å². The Morgan fingerprint density at radius 2 is 1.89 bits per heavy atom. The standard InChI is InChI=1S/C15H21N3O/c1-15(2,19)14-12-18(17-16-14)11-7-6-10-13-8-4-3-5-9-13/h3-5,8-9,12,19H,6-7,10-11H2,1-2H3. The normalized spacial score (nSPS) is 11.7. The maximum Gasteiger partial charge on any atom is 0.114 e. The van der Waals surface area contributed by atoms with Crippen LogP contribution in [0.4, 0.5) is 0 Å². The highest BCUT2D eigenvalue weighted by atomic mass is 16.3. The van der Waals surface area contributed by atoms with Gasteiger partial charge in [0.1, 0.15) is 11.3 Å². The van der Waals surface area contributed by atoms with Crippen molar-refractivity contribution in [3.05, 3.63) is 47.8 Å². The van der Waals surface area contributed by atoms with Crippen molar-refractivity contribution in [1.29, 1.82) is 0 Å². The Morgan fingerprint density at radius 1 is 1.16 bits per heavy atom. The predicted octanol–water partition coefficient (Wildman–Crippen LogP) is 2.53. The number of hydrogen-bond donors (Lipinski definition) is 1. The summed E-state index contributed by atoms with van der Waals surface area (Å²) in [4.78, 5) is 0. The fraction of sp³-hybridized carbons (Fsp3) is 0.467. The van der Waals surface area contributed by atoms with Gasteiger partial charge in [0.25, 0.3) is 0 Å². The van der Waals surface area contributed by atoms with Crippen molar-refractivity contribution in [2.45, 2.75) is 45.3 Å². The van der Waals surface area contributed by atoms with E-state index in [2.05, 4.69) is 34.6 Å². The maximum absolute atomic E-state index is 9.81. The molecule has 1 heterocycles. The van der Waals surface area contributed by atoms with E-state index in [1.165, 1.54) is 5.56 Å². The third-order valence-electron chi connectivity index (χ3n) is 3.11. The quantitative estimate of drug-likeness (QED) is 0.811. The van der Waals surface area contributed by atoms with Crippen LogP contribution < -0.4 is 0 Å². The fourth-order valence-corrected chi connectivity index (χ4v) is 1.94. The number of benzene rings is 1. The summed E-state index contributed by atoms with van der Waals surface area (Å²) in [5.41, 5.74) is 1.08. The van der Waals surface area contributed by atoms with Crippen LogP contribution in [-0.2, 0) is 18.6 Å². The Morgan fingerprint density at radius 3 is 2.53 bits per heavy atom. The minimum absolute atomic E-state index is 0.621. The van der Waals surface area contributed by atoms with E-state index in [-0.39, 0.29) is 0 Å². The van der Waals surface area contributed by atoms with Crippen LogP contribution in [0.3, 0.4) is 0 Å². The summed E-state index contributed by atoms with van der Waals surface area (Å²) >= 11 is 0. The minimum atomic E-state index is -0.914. The Bertz CT molecular complexity index is 500. The Hall–Kier alpha value is -1.68. The highest BCUT2D eigenvalue weighted by molar-refractivity contribution is 5.14. The molecule has 0 aliphatic rings. The van der Waals surface area contributed by atoms with Crippen LogP contribution in [0.2, 0.25) is 0 Å². The molecule has 1 aromatic carbocycles. The maximum atomic E-state index is 9.81. The second-order valence-corrected chi connectivity index (χ2v) is 5.37. The first-order valence-electron chi connectivity index (χ1n) is 6.72. The molecule has 0 fully saturated rings. The van der Waals surface area contributed by atoms with E-state index in [9.17, 15) is 5.11 Å². The summed E-state index contributed by atoms with van der Waals surface area (Å²) in [6.45, 7) is 4.28. The molecule has 19 heavy (non-hydrogen) atoms. The van der Waals surface area contributed by atoms with E-state index < -0.39 is 5.60 Å². The van der Waals surface area contributed by atoms with Crippen molar-refractivity contribution < 1.29 is 5.11 Å². The Balaban J connectivity index is 1.76. The van der Waals surface area contributed by atoms with Gasteiger partial charge in [0.15, 0.2) is 0 Å². The molecule has 0 aliphatic heterocycles. The first-order valence-corrected chi connectivity index (χ1v) is 6.72. The molecular weight excluding hydrogens is 238 g/mol. The van der Waals surface area contributed by atoms with Gasteiger partial charge in [-0.25, -0.2) is 0 Å². The zero-order chi connectivity index (χ0) is 13.7. The van der Waals surface area contributed by atoms with Gasteiger partial charge < -0.3 is 5.11 Å². The molecule has 0 saturated carbocycles. The lowest BCUT2D eigenvalue weighted by molar-refractivity contribution is 0.0737. The van der Waals surface area contributed by atoms with Gasteiger partial charge in [-0.15, -0.1) is 5.10 Å². The third kappa shape index (κ3) is 4.17. The molecule has 4 heteroatoms. The van der Waals surface area contributed by atoms with Crippen molar-refractivity contribution in [2.24, 2.45) is 0 Å². The van der Waals surface area contributed by atoms with Crippen molar-refractivity contribution in [1.82, 2.24) is 15.0 Å². The molecular formula is C15H21N3O. The zero-order valence-corrected chi connectivity index (χ0v) is 11.6. The number of rotatable bonds is 6. The van der Waals surface area contributed by atoms with Gasteiger partial charge in [0.2, 0.25) is 0 Å². The fourth-order valence-electron chi connectivity index (χ4n) is 1.94. The van der Waals surface area contributed by atoms with E-state index in [0.717, 1.165) is 25.8 Å². The van der Waals surface area contributed by atoms with Gasteiger partial charge in [-0.2, -0.15) is 0 Å². The molecule has 0 bridgehead atoms. The third-order valence-corrected chi connectivity index (χ3v) is 3.11. The predicted molar refractivity (Wildman–Crippen MR) is 74.6 cm³/mol. The molecule has 0 aliphatic carbocycles. The van der Waals surface area contributed by atoms with Gasteiger partial charge in [-0.3, -0.25) is 4.68 Å². The molecule has 0 spiro atoms. The molecule has 0 radical (unpaired) electrons. The second kappa shape index (κ2) is 5.97. The molecule has 2 aromatic rings. The summed E-state index contributed by atoms with van der Waals surface area (Å²) in [7, 11) is 0. The van der Waals surface area contributed by atoms with Crippen LogP contribution in [-0.4, -0.2) is 20.1 Å². The average molecular weight is 259 g/mol. The van der Waals surface area contributed by atoms with E-state index in [0.29, 0.717) is 5.69 Å². The first kappa shape index (κ1) is 13.7. The van der Waals surface area contributed by atoms with E-state index >= 15 is 0 Å². The molecule has 1 aromatic heterocycles. The topological polar surface area (TPSA) is 50.9 Å². The summed E-state index contributed by atoms with van der Waals surface area (Å²) in [6, 6.07) is 10.5. The summed E-state index contributed by atoms with van der Waals surface area (Å²) in [5.74, 6) is 0. The van der Waals surface area contributed by atoms with Crippen LogP contribution in [0.5, 0.6) is 0 Å². The molecule has 0 saturated heterocycles. The average Bonchev–Trinajstić information content (AvgIpc) is 2.85. The largest absolute Gasteiger partial charge is 0.384 e. The monoisotopic (exact) mass is 259 g/mol. The van der Waals surface area contributed by atoms with Gasteiger partial charge in [-0.1, -0.05) is 35.5 Å². The van der Waals surface area contributed by atoms with Crippen molar-refractivity contribution >= 4 is 0 Å². The number of hydrogen-bond acceptors (Lipinski definition) is 3. The lowest BCUT2D eigenvalue weighted by Gasteiger charge is -2.11. The van der Waals surface area contributed by atoms with Crippen LogP contribution in [0.15, 0.2) is 36.5 Å². The number of aliphatic hydroxyl groups is 1. The Kier molecular flexibility index (Phi) is 4.32. The summed E-state index contributed by atoms with van der Waals surface area (Å²) in [5, 5.41) is 17.8. The van der Waals surface area contributed by atoms with E-state index in [1.807, 2.05) is 12.3 Å². The lowest BCUT2D eigenvalue weighted by Crippen LogP contribution is -2.15. The smallest absolute Gasteiger partial charge is 0.114 e. The lowest BCUT2D eigenvalue weighted by atomic mass is 10.1. The van der Waals surface area contributed by atoms with Gasteiger partial charge in [0.05, 0.1) is 6.20 Å². The first-order chi connectivity index (χ1) is 9.05. The molecule has 0 amide bonds. The van der Waals surface area contributed by atoms with Gasteiger partial charge in [-0.05, 0) is 38.7 Å². The molecule has 4 nitrogen and oxygen atoms in total. The minimum Gasteiger partial charge on any atom is -0.384 e.